The Balaban J connectivity index is 0.000000321. The smallest absolute Gasteiger partial charge is 0.416 e. The molecule has 3 aliphatic carbocycles. The molecule has 4 fully saturated rings. The first-order valence-corrected chi connectivity index (χ1v) is 20.0. The molecule has 0 aromatic heterocycles. The molecule has 5 aliphatic rings. The van der Waals surface area contributed by atoms with Gasteiger partial charge in [0.2, 0.25) is 21.8 Å². The van der Waals surface area contributed by atoms with Crippen LogP contribution in [0, 0.1) is 17.3 Å². The van der Waals surface area contributed by atoms with Crippen molar-refractivity contribution in [3.05, 3.63) is 64.2 Å². The maximum atomic E-state index is 13.9. The second kappa shape index (κ2) is 14.5. The van der Waals surface area contributed by atoms with Crippen molar-refractivity contribution in [1.29, 1.82) is 0 Å². The Labute approximate surface area is 317 Å². The first-order valence-electron chi connectivity index (χ1n) is 18.1. The zero-order valence-electron chi connectivity index (χ0n) is 30.2. The minimum absolute atomic E-state index is 0.131. The Morgan fingerprint density at radius 1 is 0.981 bits per heavy atom. The molecule has 7 rings (SSSR count). The monoisotopic (exact) mass is 795 g/mol. The van der Waals surface area contributed by atoms with Crippen molar-refractivity contribution in [2.24, 2.45) is 17.3 Å². The lowest BCUT2D eigenvalue weighted by Crippen LogP contribution is -2.58. The van der Waals surface area contributed by atoms with Crippen molar-refractivity contribution in [1.82, 2.24) is 19.8 Å². The largest absolute Gasteiger partial charge is 0.465 e. The lowest BCUT2D eigenvalue weighted by Gasteiger charge is -2.36. The summed E-state index contributed by atoms with van der Waals surface area (Å²) < 4.78 is 67.0. The molecule has 12 nitrogen and oxygen atoms in total. The third-order valence-corrected chi connectivity index (χ3v) is 13.0. The van der Waals surface area contributed by atoms with Crippen LogP contribution in [-0.4, -0.2) is 76.6 Å². The second-order valence-electron chi connectivity index (χ2n) is 16.0. The molecule has 54 heavy (non-hydrogen) atoms. The molecule has 2 aromatic carbocycles. The van der Waals surface area contributed by atoms with Gasteiger partial charge in [0.05, 0.1) is 17.4 Å². The van der Waals surface area contributed by atoms with Crippen LogP contribution in [0.15, 0.2) is 42.5 Å². The highest BCUT2D eigenvalue weighted by Gasteiger charge is 2.66. The van der Waals surface area contributed by atoms with Gasteiger partial charge in [-0.25, -0.2) is 13.2 Å². The predicted octanol–water partition coefficient (Wildman–Crippen LogP) is 5.75. The number of benzene rings is 2. The van der Waals surface area contributed by atoms with Crippen LogP contribution in [0.4, 0.5) is 23.7 Å². The fourth-order valence-electron chi connectivity index (χ4n) is 7.39. The number of amides is 4. The van der Waals surface area contributed by atoms with Crippen LogP contribution < -0.4 is 15.4 Å². The van der Waals surface area contributed by atoms with E-state index in [9.17, 15) is 40.8 Å². The van der Waals surface area contributed by atoms with Gasteiger partial charge in [0.25, 0.3) is 5.91 Å². The fourth-order valence-corrected chi connectivity index (χ4v) is 9.01. The molecule has 2 heterocycles. The van der Waals surface area contributed by atoms with E-state index in [1.807, 2.05) is 12.1 Å². The molecular formula is C37H45ClF3N5O7S. The Morgan fingerprint density at radius 3 is 2.26 bits per heavy atom. The molecular weight excluding hydrogens is 751 g/mol. The van der Waals surface area contributed by atoms with Gasteiger partial charge in [-0.3, -0.25) is 24.0 Å². The Bertz CT molecular complexity index is 1930. The molecule has 17 heteroatoms. The predicted molar refractivity (Wildman–Crippen MR) is 194 cm³/mol. The van der Waals surface area contributed by atoms with Gasteiger partial charge >= 0.3 is 12.3 Å². The van der Waals surface area contributed by atoms with Crippen LogP contribution in [0.3, 0.4) is 0 Å². The number of carbonyl (C=O) groups is 4. The van der Waals surface area contributed by atoms with Crippen molar-refractivity contribution < 1.29 is 45.9 Å². The Kier molecular flexibility index (Phi) is 10.7. The van der Waals surface area contributed by atoms with Crippen molar-refractivity contribution in [2.75, 3.05) is 11.9 Å². The van der Waals surface area contributed by atoms with Crippen molar-refractivity contribution in [3.8, 4) is 0 Å². The fraction of sp³-hybridized carbons (Fsp3) is 0.568. The van der Waals surface area contributed by atoms with E-state index in [4.69, 9.17) is 16.7 Å². The van der Waals surface area contributed by atoms with Crippen LogP contribution in [0.5, 0.6) is 0 Å². The van der Waals surface area contributed by atoms with Crippen molar-refractivity contribution >= 4 is 51.1 Å². The lowest BCUT2D eigenvalue weighted by atomic mass is 9.85. The number of halogens is 4. The van der Waals surface area contributed by atoms with E-state index in [0.717, 1.165) is 36.1 Å². The maximum absolute atomic E-state index is 13.9. The highest BCUT2D eigenvalue weighted by Crippen LogP contribution is 2.57. The summed E-state index contributed by atoms with van der Waals surface area (Å²) in [6, 6.07) is 8.32. The van der Waals surface area contributed by atoms with E-state index in [0.29, 0.717) is 50.2 Å². The van der Waals surface area contributed by atoms with E-state index in [-0.39, 0.29) is 24.1 Å². The molecule has 4 amide bonds. The molecule has 2 aromatic rings. The zero-order valence-corrected chi connectivity index (χ0v) is 31.8. The molecule has 4 N–H and O–H groups in total. The molecule has 4 unspecified atom stereocenters. The molecule has 0 bridgehead atoms. The third-order valence-electron chi connectivity index (χ3n) is 10.8. The van der Waals surface area contributed by atoms with Gasteiger partial charge in [-0.2, -0.15) is 13.2 Å². The number of carboxylic acid groups (broad SMARTS) is 1. The number of alkyl halides is 3. The van der Waals surface area contributed by atoms with E-state index in [1.165, 1.54) is 21.9 Å². The van der Waals surface area contributed by atoms with Crippen LogP contribution in [0.1, 0.15) is 82.4 Å². The van der Waals surface area contributed by atoms with Gasteiger partial charge in [-0.15, -0.1) is 0 Å². The van der Waals surface area contributed by atoms with Gasteiger partial charge in [-0.05, 0) is 97.6 Å². The highest BCUT2D eigenvalue weighted by molar-refractivity contribution is 7.91. The number of hydrogen-bond acceptors (Lipinski definition) is 7. The Hall–Kier alpha value is -4.05. The van der Waals surface area contributed by atoms with Crippen LogP contribution in [-0.2, 0) is 43.7 Å². The summed E-state index contributed by atoms with van der Waals surface area (Å²) in [5, 5.41) is 14.6. The van der Waals surface area contributed by atoms with E-state index >= 15 is 0 Å². The molecule has 4 atom stereocenters. The van der Waals surface area contributed by atoms with Gasteiger partial charge in [0, 0.05) is 23.8 Å². The third kappa shape index (κ3) is 8.59. The van der Waals surface area contributed by atoms with Gasteiger partial charge in [-0.1, -0.05) is 50.6 Å². The molecule has 0 spiro atoms. The van der Waals surface area contributed by atoms with Gasteiger partial charge < -0.3 is 20.6 Å². The quantitative estimate of drug-likeness (QED) is 0.249. The number of nitrogens with one attached hydrogen (secondary N) is 3. The van der Waals surface area contributed by atoms with Crippen LogP contribution in [0.2, 0.25) is 5.02 Å². The molecule has 1 saturated heterocycles. The number of hydrogen-bond donors (Lipinski definition) is 4. The van der Waals surface area contributed by atoms with Gasteiger partial charge in [0.15, 0.2) is 0 Å². The van der Waals surface area contributed by atoms with Gasteiger partial charge in [0.1, 0.15) is 17.6 Å². The molecule has 0 radical (unpaired) electrons. The van der Waals surface area contributed by atoms with Crippen molar-refractivity contribution in [3.63, 3.8) is 0 Å². The van der Waals surface area contributed by atoms with Crippen LogP contribution in [0.25, 0.3) is 0 Å². The van der Waals surface area contributed by atoms with Crippen LogP contribution >= 0.6 is 11.6 Å². The summed E-state index contributed by atoms with van der Waals surface area (Å²) in [5.41, 5.74) is -0.812. The molecule has 2 aliphatic heterocycles. The average molecular weight is 796 g/mol. The SMILES string of the molecule is CC(C)(C)C(Nc1cccc(C(F)(F)F)c1)C(=O)N1CCCC1C(=O)NC1(C(=O)NS(=O)(=O)C2CC2)CC1C1CC1.O=C(O)N1Cc2cccc(Cl)c2C1. The Morgan fingerprint density at radius 2 is 1.67 bits per heavy atom. The van der Waals surface area contributed by atoms with E-state index in [1.54, 1.807) is 26.8 Å². The summed E-state index contributed by atoms with van der Waals surface area (Å²) >= 11 is 5.92. The normalized spacial score (nSPS) is 24.1. The van der Waals surface area contributed by atoms with E-state index < -0.39 is 73.9 Å². The number of sulfonamides is 1. The number of carbonyl (C=O) groups excluding carboxylic acids is 3. The first kappa shape index (κ1) is 39.6. The first-order chi connectivity index (χ1) is 25.2. The average Bonchev–Trinajstić information content (AvgIpc) is 4.03. The summed E-state index contributed by atoms with van der Waals surface area (Å²) in [6.45, 7) is 6.48. The molecule has 294 valence electrons. The molecule has 3 saturated carbocycles. The van der Waals surface area contributed by atoms with E-state index in [2.05, 4.69) is 15.4 Å². The minimum atomic E-state index is -4.54. The summed E-state index contributed by atoms with van der Waals surface area (Å²) in [5.74, 6) is -1.59. The summed E-state index contributed by atoms with van der Waals surface area (Å²) in [7, 11) is -3.80. The summed E-state index contributed by atoms with van der Waals surface area (Å²) in [4.78, 5) is 54.2. The number of rotatable bonds is 9. The minimum Gasteiger partial charge on any atom is -0.465 e. The second-order valence-corrected chi connectivity index (χ2v) is 18.4. The highest BCUT2D eigenvalue weighted by atomic mass is 35.5. The number of fused-ring (bicyclic) bond motifs is 1. The number of nitrogens with zero attached hydrogens (tertiary/aromatic N) is 2. The lowest BCUT2D eigenvalue weighted by molar-refractivity contribution is -0.141. The number of anilines is 1. The topological polar surface area (TPSA) is 165 Å². The zero-order chi connectivity index (χ0) is 39.4. The van der Waals surface area contributed by atoms with Crippen molar-refractivity contribution in [2.45, 2.75) is 108 Å². The number of likely N-dealkylation sites (tertiary alicyclic amines) is 1. The standard InChI is InChI=1S/C28H37F3N4O5S.C9H8ClNO2/c1-26(2,3)22(32-18-7-4-6-17(14-18)28(29,30)31)24(37)35-13-5-8-21(35)23(36)33-27(15-20(27)16-9-10-16)25(38)34-41(39,40)19-11-12-19;10-8-3-1-2-6-4-11(9(12)13)5-7(6)8/h4,6-7,14,16,19-22,32H,5,8-13,15H2,1-3H3,(H,33,36)(H,34,38);1-3H,4-5H2,(H,12,13). The maximum Gasteiger partial charge on any atom is 0.416 e. The summed E-state index contributed by atoms with van der Waals surface area (Å²) in [6.07, 6.45) is -1.40.